The highest BCUT2D eigenvalue weighted by Crippen LogP contribution is 2.43. The monoisotopic (exact) mass is 515 g/mol. The number of rotatable bonds is 7. The highest BCUT2D eigenvalue weighted by atomic mass is 32.2. The zero-order chi connectivity index (χ0) is 25.1. The summed E-state index contributed by atoms with van der Waals surface area (Å²) in [6.45, 7) is 6.16. The van der Waals surface area contributed by atoms with Gasteiger partial charge in [0, 0.05) is 0 Å². The van der Waals surface area contributed by atoms with Crippen molar-refractivity contribution in [2.45, 2.75) is 31.6 Å². The summed E-state index contributed by atoms with van der Waals surface area (Å²) in [4.78, 5) is 0. The van der Waals surface area contributed by atoms with Gasteiger partial charge in [-0.3, -0.25) is 0 Å². The van der Waals surface area contributed by atoms with Gasteiger partial charge in [0.15, 0.2) is 11.5 Å². The van der Waals surface area contributed by atoms with Crippen LogP contribution in [0.25, 0.3) is 0 Å². The van der Waals surface area contributed by atoms with Crippen molar-refractivity contribution in [1.82, 2.24) is 4.72 Å². The van der Waals surface area contributed by atoms with Crippen molar-refractivity contribution in [3.05, 3.63) is 114 Å². The molecule has 6 heteroatoms. The van der Waals surface area contributed by atoms with E-state index in [0.717, 1.165) is 22.2 Å². The molecule has 5 rings (SSSR count). The molecule has 1 N–H and O–H groups in total. The lowest BCUT2D eigenvalue weighted by Gasteiger charge is -2.29. The number of hydrogen-bond donors (Lipinski definition) is 1. The maximum absolute atomic E-state index is 13.4. The molecule has 4 nitrogen and oxygen atoms in total. The van der Waals surface area contributed by atoms with E-state index in [0.29, 0.717) is 5.75 Å². The van der Waals surface area contributed by atoms with E-state index in [2.05, 4.69) is 77.5 Å². The predicted molar refractivity (Wildman–Crippen MR) is 151 cm³/mol. The maximum atomic E-state index is 13.4. The summed E-state index contributed by atoms with van der Waals surface area (Å²) in [5.41, 5.74) is 2.09. The van der Waals surface area contributed by atoms with Gasteiger partial charge in [-0.1, -0.05) is 91.0 Å². The van der Waals surface area contributed by atoms with Crippen LogP contribution in [0.2, 0.25) is 0 Å². The smallest absolute Gasteiger partial charge is 0.231 e. The minimum atomic E-state index is -1.29. The first kappa shape index (κ1) is 24.7. The van der Waals surface area contributed by atoms with E-state index in [9.17, 15) is 4.21 Å². The summed E-state index contributed by atoms with van der Waals surface area (Å²) in [5, 5.41) is 3.63. The first-order chi connectivity index (χ1) is 17.4. The molecule has 2 atom stereocenters. The van der Waals surface area contributed by atoms with Crippen LogP contribution < -0.4 is 30.1 Å². The van der Waals surface area contributed by atoms with Crippen LogP contribution in [-0.2, 0) is 11.0 Å². The molecule has 1 aliphatic rings. The molecule has 1 aliphatic heterocycles. The molecule has 4 aromatic carbocycles. The number of ether oxygens (including phenoxy) is 2. The van der Waals surface area contributed by atoms with Crippen LogP contribution in [0.4, 0.5) is 0 Å². The zero-order valence-electron chi connectivity index (χ0n) is 20.7. The molecule has 0 aromatic heterocycles. The topological polar surface area (TPSA) is 47.6 Å². The van der Waals surface area contributed by atoms with Crippen molar-refractivity contribution in [2.75, 3.05) is 6.79 Å². The van der Waals surface area contributed by atoms with Crippen molar-refractivity contribution in [1.29, 1.82) is 0 Å². The average molecular weight is 516 g/mol. The zero-order valence-corrected chi connectivity index (χ0v) is 22.4. The van der Waals surface area contributed by atoms with Gasteiger partial charge in [-0.05, 0) is 67.9 Å². The number of hydrogen-bond acceptors (Lipinski definition) is 3. The number of benzene rings is 4. The van der Waals surface area contributed by atoms with Gasteiger partial charge in [0.25, 0.3) is 0 Å². The fourth-order valence-electron chi connectivity index (χ4n) is 4.19. The Hall–Kier alpha value is -2.98. The molecule has 4 aromatic rings. The molecule has 36 heavy (non-hydrogen) atoms. The standard InChI is InChI=1S/C30H30NO3PS/c1-30(2,3)36(32)31-29(22-13-7-4-8-14-22)25-19-26-27(34-21-33-26)20-28(25)35(23-15-9-5-10-16-23)24-17-11-6-12-18-24/h4-20,29,31H,21H2,1-3H3. The van der Waals surface area contributed by atoms with Crippen molar-refractivity contribution >= 4 is 34.8 Å². The van der Waals surface area contributed by atoms with Crippen LogP contribution in [0.1, 0.15) is 37.9 Å². The fraction of sp³-hybridized carbons (Fsp3) is 0.200. The van der Waals surface area contributed by atoms with E-state index in [-0.39, 0.29) is 12.8 Å². The average Bonchev–Trinajstić information content (AvgIpc) is 3.36. The molecule has 0 aliphatic carbocycles. The SMILES string of the molecule is CC(C)(C)S(=O)NC(c1ccccc1)c1cc2c(cc1P(c1ccccc1)c1ccccc1)OCO2. The minimum Gasteiger partial charge on any atom is -0.454 e. The van der Waals surface area contributed by atoms with Gasteiger partial charge in [0.1, 0.15) is 0 Å². The molecule has 0 amide bonds. The molecule has 0 saturated carbocycles. The van der Waals surface area contributed by atoms with Gasteiger partial charge in [-0.2, -0.15) is 0 Å². The molecular weight excluding hydrogens is 485 g/mol. The summed E-state index contributed by atoms with van der Waals surface area (Å²) in [6, 6.07) is 35.3. The Morgan fingerprint density at radius 1 is 0.778 bits per heavy atom. The summed E-state index contributed by atoms with van der Waals surface area (Å²) in [5.74, 6) is 1.46. The normalized spacial score (nSPS) is 14.6. The second kappa shape index (κ2) is 10.6. The van der Waals surface area contributed by atoms with E-state index < -0.39 is 23.7 Å². The molecular formula is C30H30NO3PS. The minimum absolute atomic E-state index is 0.199. The van der Waals surface area contributed by atoms with Gasteiger partial charge < -0.3 is 9.47 Å². The Bertz CT molecular complexity index is 1300. The first-order valence-corrected chi connectivity index (χ1v) is 14.5. The Morgan fingerprint density at radius 2 is 1.28 bits per heavy atom. The fourth-order valence-corrected chi connectivity index (χ4v) is 7.52. The lowest BCUT2D eigenvalue weighted by Crippen LogP contribution is -2.38. The number of fused-ring (bicyclic) bond motifs is 1. The van der Waals surface area contributed by atoms with Gasteiger partial charge in [0.05, 0.1) is 21.8 Å². The van der Waals surface area contributed by atoms with Crippen LogP contribution in [0.3, 0.4) is 0 Å². The third-order valence-electron chi connectivity index (χ3n) is 6.02. The lowest BCUT2D eigenvalue weighted by molar-refractivity contribution is 0.174. The third kappa shape index (κ3) is 5.24. The van der Waals surface area contributed by atoms with Crippen molar-refractivity contribution in [3.63, 3.8) is 0 Å². The summed E-state index contributed by atoms with van der Waals surface area (Å²) in [7, 11) is -2.22. The van der Waals surface area contributed by atoms with Crippen LogP contribution in [0, 0.1) is 0 Å². The Morgan fingerprint density at radius 3 is 1.81 bits per heavy atom. The summed E-state index contributed by atoms with van der Waals surface area (Å²) < 4.78 is 28.1. The summed E-state index contributed by atoms with van der Waals surface area (Å²) in [6.07, 6.45) is 0. The second-order valence-corrected chi connectivity index (χ2v) is 13.8. The van der Waals surface area contributed by atoms with E-state index in [1.54, 1.807) is 0 Å². The van der Waals surface area contributed by atoms with Crippen molar-refractivity contribution in [3.8, 4) is 11.5 Å². The van der Waals surface area contributed by atoms with E-state index in [1.165, 1.54) is 10.6 Å². The highest BCUT2D eigenvalue weighted by molar-refractivity contribution is 7.84. The van der Waals surface area contributed by atoms with Crippen molar-refractivity contribution < 1.29 is 13.7 Å². The number of nitrogens with one attached hydrogen (secondary N) is 1. The van der Waals surface area contributed by atoms with Gasteiger partial charge in [-0.25, -0.2) is 8.93 Å². The molecule has 0 radical (unpaired) electrons. The predicted octanol–water partition coefficient (Wildman–Crippen LogP) is 5.31. The Labute approximate surface area is 217 Å². The Kier molecular flexibility index (Phi) is 7.25. The first-order valence-electron chi connectivity index (χ1n) is 12.0. The van der Waals surface area contributed by atoms with Crippen molar-refractivity contribution in [2.24, 2.45) is 0 Å². The van der Waals surface area contributed by atoms with Crippen LogP contribution in [0.5, 0.6) is 11.5 Å². The van der Waals surface area contributed by atoms with Gasteiger partial charge in [0.2, 0.25) is 6.79 Å². The van der Waals surface area contributed by atoms with Crippen LogP contribution >= 0.6 is 7.92 Å². The highest BCUT2D eigenvalue weighted by Gasteiger charge is 2.31. The maximum Gasteiger partial charge on any atom is 0.231 e. The molecule has 0 fully saturated rings. The molecule has 1 heterocycles. The molecule has 2 unspecified atom stereocenters. The molecule has 0 bridgehead atoms. The lowest BCUT2D eigenvalue weighted by atomic mass is 9.99. The summed E-state index contributed by atoms with van der Waals surface area (Å²) >= 11 is 0. The quantitative estimate of drug-likeness (QED) is 0.339. The van der Waals surface area contributed by atoms with E-state index >= 15 is 0 Å². The third-order valence-corrected chi connectivity index (χ3v) is 10.1. The van der Waals surface area contributed by atoms with Crippen LogP contribution in [0.15, 0.2) is 103 Å². The van der Waals surface area contributed by atoms with Gasteiger partial charge >= 0.3 is 0 Å². The largest absolute Gasteiger partial charge is 0.454 e. The second-order valence-electron chi connectivity index (χ2n) is 9.61. The van der Waals surface area contributed by atoms with Crippen LogP contribution in [-0.4, -0.2) is 15.7 Å². The molecule has 0 spiro atoms. The van der Waals surface area contributed by atoms with Gasteiger partial charge in [-0.15, -0.1) is 0 Å². The van der Waals surface area contributed by atoms with E-state index in [4.69, 9.17) is 9.47 Å². The van der Waals surface area contributed by atoms with E-state index in [1.807, 2.05) is 51.1 Å². The molecule has 184 valence electrons. The Balaban J connectivity index is 1.75. The molecule has 0 saturated heterocycles.